The van der Waals surface area contributed by atoms with Crippen molar-refractivity contribution in [2.45, 2.75) is 56.6 Å². The van der Waals surface area contributed by atoms with Gasteiger partial charge in [0, 0.05) is 43.4 Å². The summed E-state index contributed by atoms with van der Waals surface area (Å²) in [5, 5.41) is 3.96. The Kier molecular flexibility index (Phi) is 9.17. The molecule has 0 bridgehead atoms. The molecular formula is C31H31F5N6O2S. The highest BCUT2D eigenvalue weighted by Crippen LogP contribution is 2.51. The van der Waals surface area contributed by atoms with E-state index in [9.17, 15) is 31.0 Å². The number of ketones is 1. The highest BCUT2D eigenvalue weighted by molar-refractivity contribution is 7.82. The van der Waals surface area contributed by atoms with E-state index in [-0.39, 0.29) is 36.3 Å². The molecule has 0 radical (unpaired) electrons. The number of allylic oxidation sites excluding steroid dienone is 1. The Hall–Kier alpha value is -4.04. The van der Waals surface area contributed by atoms with Gasteiger partial charge < -0.3 is 4.57 Å². The Morgan fingerprint density at radius 3 is 2.56 bits per heavy atom. The highest BCUT2D eigenvalue weighted by atomic mass is 32.2. The molecule has 1 fully saturated rings. The molecule has 2 aliphatic rings. The lowest BCUT2D eigenvalue weighted by atomic mass is 9.60. The number of nitrogens with zero attached hydrogens (tertiary/aromatic N) is 6. The number of Topliss-reactive ketones (excluding diaryl/α,β-unsaturated/α-hetero) is 1. The van der Waals surface area contributed by atoms with Gasteiger partial charge in [0.1, 0.15) is 29.0 Å². The van der Waals surface area contributed by atoms with Crippen molar-refractivity contribution in [2.24, 2.45) is 12.5 Å². The first-order valence-electron chi connectivity index (χ1n) is 14.4. The van der Waals surface area contributed by atoms with Gasteiger partial charge in [-0.1, -0.05) is 19.4 Å². The third kappa shape index (κ3) is 6.52. The summed E-state index contributed by atoms with van der Waals surface area (Å²) >= 11 is 0. The van der Waals surface area contributed by atoms with E-state index >= 15 is 0 Å². The summed E-state index contributed by atoms with van der Waals surface area (Å²) in [6.45, 7) is 2.54. The van der Waals surface area contributed by atoms with Gasteiger partial charge >= 0.3 is 6.18 Å². The Labute approximate surface area is 259 Å². The molecule has 0 spiro atoms. The number of alkyl halides is 3. The predicted molar refractivity (Wildman–Crippen MR) is 158 cm³/mol. The topological polar surface area (TPSA) is 85.9 Å². The van der Waals surface area contributed by atoms with Crippen LogP contribution in [-0.2, 0) is 24.5 Å². The Morgan fingerprint density at radius 1 is 1.13 bits per heavy atom. The van der Waals surface area contributed by atoms with Crippen molar-refractivity contribution >= 4 is 22.8 Å². The molecule has 2 aliphatic carbocycles. The average Bonchev–Trinajstić information content (AvgIpc) is 3.64. The van der Waals surface area contributed by atoms with Gasteiger partial charge in [0.25, 0.3) is 0 Å². The van der Waals surface area contributed by atoms with Crippen LogP contribution in [0.1, 0.15) is 54.9 Å². The quantitative estimate of drug-likeness (QED) is 0.135. The van der Waals surface area contributed by atoms with Gasteiger partial charge in [-0.2, -0.15) is 22.7 Å². The minimum absolute atomic E-state index is 0.0966. The van der Waals surface area contributed by atoms with Crippen LogP contribution in [0, 0.1) is 17.2 Å². The normalized spacial score (nSPS) is 20.0. The van der Waals surface area contributed by atoms with Gasteiger partial charge in [0.05, 0.1) is 28.4 Å². The molecule has 3 unspecified atom stereocenters. The van der Waals surface area contributed by atoms with Crippen molar-refractivity contribution in [3.8, 4) is 5.69 Å². The number of rotatable bonds is 7. The van der Waals surface area contributed by atoms with Crippen LogP contribution in [0.2, 0.25) is 0 Å². The van der Waals surface area contributed by atoms with E-state index < -0.39 is 52.7 Å². The second-order valence-corrected chi connectivity index (χ2v) is 12.2. The van der Waals surface area contributed by atoms with Crippen molar-refractivity contribution in [1.82, 2.24) is 28.6 Å². The minimum Gasteiger partial charge on any atom is -0.315 e. The Balaban J connectivity index is 0.00000196. The fraction of sp³-hybridized carbons (Fsp3) is 0.355. The van der Waals surface area contributed by atoms with Gasteiger partial charge in [-0.3, -0.25) is 14.5 Å². The maximum absolute atomic E-state index is 14.3. The molecule has 0 saturated heterocycles. The second kappa shape index (κ2) is 12.8. The molecule has 1 saturated carbocycles. The number of fused-ring (bicyclic) bond motifs is 2. The molecule has 4 aromatic heterocycles. The van der Waals surface area contributed by atoms with Crippen molar-refractivity contribution in [3.63, 3.8) is 0 Å². The number of halogens is 5. The molecule has 14 heteroatoms. The summed E-state index contributed by atoms with van der Waals surface area (Å²) in [5.74, 6) is -1.83. The lowest BCUT2D eigenvalue weighted by Crippen LogP contribution is -2.51. The van der Waals surface area contributed by atoms with E-state index in [1.807, 2.05) is 19.9 Å². The summed E-state index contributed by atoms with van der Waals surface area (Å²) < 4.78 is 86.9. The molecule has 3 atom stereocenters. The molecule has 45 heavy (non-hydrogen) atoms. The first-order chi connectivity index (χ1) is 21.4. The number of hydrogen-bond acceptors (Lipinski definition) is 5. The Morgan fingerprint density at radius 2 is 1.91 bits per heavy atom. The zero-order chi connectivity index (χ0) is 32.5. The molecule has 238 valence electrons. The molecule has 8 nitrogen and oxygen atoms in total. The van der Waals surface area contributed by atoms with Crippen LogP contribution in [0.3, 0.4) is 0 Å². The van der Waals surface area contributed by atoms with Crippen molar-refractivity contribution in [2.75, 3.05) is 6.54 Å². The van der Waals surface area contributed by atoms with E-state index in [2.05, 4.69) is 15.1 Å². The maximum Gasteiger partial charge on any atom is 0.402 e. The summed E-state index contributed by atoms with van der Waals surface area (Å²) in [6, 6.07) is 5.78. The molecule has 6 rings (SSSR count). The largest absolute Gasteiger partial charge is 0.402 e. The zero-order valence-corrected chi connectivity index (χ0v) is 25.6. The lowest BCUT2D eigenvalue weighted by molar-refractivity contribution is -0.140. The van der Waals surface area contributed by atoms with Gasteiger partial charge in [0.15, 0.2) is 5.78 Å². The second-order valence-electron chi connectivity index (χ2n) is 10.7. The lowest BCUT2D eigenvalue weighted by Gasteiger charge is -2.46. The smallest absolute Gasteiger partial charge is 0.315 e. The van der Waals surface area contributed by atoms with Crippen molar-refractivity contribution in [3.05, 3.63) is 95.6 Å². The fourth-order valence-electron chi connectivity index (χ4n) is 6.08. The number of pyridine rings is 2. The van der Waals surface area contributed by atoms with Crippen LogP contribution in [0.25, 0.3) is 11.8 Å². The first kappa shape index (κ1) is 32.4. The molecule has 0 aliphatic heterocycles. The van der Waals surface area contributed by atoms with Crippen LogP contribution in [0.5, 0.6) is 0 Å². The monoisotopic (exact) mass is 646 g/mol. The highest BCUT2D eigenvalue weighted by Gasteiger charge is 2.52. The summed E-state index contributed by atoms with van der Waals surface area (Å²) in [7, 11) is -0.653. The fourth-order valence-corrected chi connectivity index (χ4v) is 7.44. The molecule has 0 aromatic carbocycles. The van der Waals surface area contributed by atoms with Crippen LogP contribution in [-0.4, -0.2) is 57.4 Å². The molecule has 4 heterocycles. The first-order valence-corrected chi connectivity index (χ1v) is 15.5. The molecule has 0 N–H and O–H groups in total. The van der Waals surface area contributed by atoms with Crippen molar-refractivity contribution in [1.29, 1.82) is 0 Å². The van der Waals surface area contributed by atoms with Gasteiger partial charge in [-0.15, -0.1) is 0 Å². The van der Waals surface area contributed by atoms with E-state index in [4.69, 9.17) is 0 Å². The number of carbonyl (C=O) groups is 1. The van der Waals surface area contributed by atoms with E-state index in [1.54, 1.807) is 29.9 Å². The molecular weight excluding hydrogens is 615 g/mol. The van der Waals surface area contributed by atoms with Crippen LogP contribution in [0.15, 0.2) is 71.8 Å². The third-order valence-corrected chi connectivity index (χ3v) is 9.45. The molecule has 4 aromatic rings. The van der Waals surface area contributed by atoms with Crippen LogP contribution >= 0.6 is 0 Å². The average molecular weight is 647 g/mol. The van der Waals surface area contributed by atoms with Crippen LogP contribution < -0.4 is 0 Å². The number of carbonyl (C=O) groups excluding carboxylic acids is 1. The summed E-state index contributed by atoms with van der Waals surface area (Å²) in [5.41, 5.74) is 1.17. The number of aryl methyl sites for hydroxylation is 1. The van der Waals surface area contributed by atoms with Crippen molar-refractivity contribution < 1.29 is 31.0 Å². The van der Waals surface area contributed by atoms with E-state index in [0.717, 1.165) is 22.1 Å². The van der Waals surface area contributed by atoms with Gasteiger partial charge in [-0.25, -0.2) is 17.9 Å². The van der Waals surface area contributed by atoms with E-state index in [0.29, 0.717) is 16.8 Å². The summed E-state index contributed by atoms with van der Waals surface area (Å²) in [6.07, 6.45) is 4.50. The number of aromatic nitrogens is 5. The molecule has 0 amide bonds. The summed E-state index contributed by atoms with van der Waals surface area (Å²) in [4.78, 5) is 22.2. The van der Waals surface area contributed by atoms with Gasteiger partial charge in [-0.05, 0) is 61.6 Å². The van der Waals surface area contributed by atoms with E-state index in [1.165, 1.54) is 35.5 Å². The minimum atomic E-state index is -4.67. The maximum atomic E-state index is 14.3. The number of hydrogen-bond donors (Lipinski definition) is 0. The zero-order valence-electron chi connectivity index (χ0n) is 24.8. The van der Waals surface area contributed by atoms with Crippen LogP contribution in [0.4, 0.5) is 22.0 Å². The predicted octanol–water partition coefficient (Wildman–Crippen LogP) is 6.25. The third-order valence-electron chi connectivity index (χ3n) is 7.98. The Bertz CT molecular complexity index is 1750. The van der Waals surface area contributed by atoms with Gasteiger partial charge in [0.2, 0.25) is 5.95 Å². The standard InChI is InChI=1S/C29H25F5N6O2S.C2H6/c1-38-16-23(15-37-38)43(42)40(17-29(32,33)34)21-3-2-19-10-25-18(7-9-39(25)22-4-5-26(31)36-14-22)12-28(19,13-21)27(41)24-11-20(30)6-8-35-24;1-2/h4-11,14-16,21H,2-3,12-13,17H2,1H3;1-2H3. The SMILES string of the molecule is CC.Cn1cc(S(=O)N(CC(F)(F)F)C2CCC3=Cc4c(ccn4-c4ccc(F)nc4)CC3(C(=O)c3cc(F)ccn3)C2)cn1.